The van der Waals surface area contributed by atoms with Crippen molar-refractivity contribution in [3.8, 4) is 0 Å². The summed E-state index contributed by atoms with van der Waals surface area (Å²) in [5.74, 6) is -1.32. The predicted octanol–water partition coefficient (Wildman–Crippen LogP) is 8.01. The molecule has 10 nitrogen and oxygen atoms in total. The molecule has 1 saturated carbocycles. The van der Waals surface area contributed by atoms with E-state index in [1.165, 1.54) is 42.0 Å². The molecule has 1 fully saturated rings. The molecule has 2 aliphatic carbocycles. The van der Waals surface area contributed by atoms with Crippen LogP contribution in [0.25, 0.3) is 0 Å². The highest BCUT2D eigenvalue weighted by molar-refractivity contribution is 7.89. The van der Waals surface area contributed by atoms with Gasteiger partial charge in [0.25, 0.3) is 5.91 Å². The zero-order chi connectivity index (χ0) is 39.8. The van der Waals surface area contributed by atoms with Gasteiger partial charge >= 0.3 is 11.9 Å². The van der Waals surface area contributed by atoms with Crippen molar-refractivity contribution in [2.45, 2.75) is 94.9 Å². The standard InChI is InChI=1S/C44H50N2O8S2/c1-4-46(35-25-21-32(22-26-35)44(50)54-3)56(51,52)36-12-8-11-33(27-36)38(47)28-40-41(37-13-5-6-14-39(37)55-40)42(48)45-34-23-17-30(18-24-34)10-7-9-29-15-19-31(20-16-29)43(49)53-2/h8,11-12,15-20,23-24,27,32,35H,4-7,9-10,13-14,21-22,25-26,28H2,1-3H3,(H,45,48). The highest BCUT2D eigenvalue weighted by Crippen LogP contribution is 2.36. The van der Waals surface area contributed by atoms with Gasteiger partial charge in [-0.3, -0.25) is 14.4 Å². The minimum absolute atomic E-state index is 0.0106. The highest BCUT2D eigenvalue weighted by atomic mass is 32.2. The minimum atomic E-state index is -3.92. The molecule has 0 spiro atoms. The normalized spacial score (nSPS) is 16.9. The Balaban J connectivity index is 1.11. The Morgan fingerprint density at radius 3 is 2.12 bits per heavy atom. The largest absolute Gasteiger partial charge is 0.469 e. The Bertz CT molecular complexity index is 2150. The van der Waals surface area contributed by atoms with Crippen molar-refractivity contribution in [3.63, 3.8) is 0 Å². The molecule has 6 rings (SSSR count). The number of esters is 2. The van der Waals surface area contributed by atoms with Crippen molar-refractivity contribution in [2.24, 2.45) is 5.92 Å². The molecular weight excluding hydrogens is 749 g/mol. The zero-order valence-corrected chi connectivity index (χ0v) is 33.9. The number of thiophene rings is 1. The summed E-state index contributed by atoms with van der Waals surface area (Å²) < 4.78 is 39.0. The maximum atomic E-state index is 13.9. The molecule has 0 bridgehead atoms. The molecule has 296 valence electrons. The van der Waals surface area contributed by atoms with Crippen LogP contribution in [0.2, 0.25) is 0 Å². The van der Waals surface area contributed by atoms with Gasteiger partial charge in [0.2, 0.25) is 10.0 Å². The maximum Gasteiger partial charge on any atom is 0.337 e. The van der Waals surface area contributed by atoms with Crippen molar-refractivity contribution in [1.82, 2.24) is 4.31 Å². The Hall–Kier alpha value is -4.65. The summed E-state index contributed by atoms with van der Waals surface area (Å²) in [5.41, 5.74) is 5.33. The number of carbonyl (C=O) groups is 4. The first-order valence-corrected chi connectivity index (χ1v) is 21.7. The van der Waals surface area contributed by atoms with Crippen LogP contribution >= 0.6 is 11.3 Å². The average Bonchev–Trinajstić information content (AvgIpc) is 3.59. The number of fused-ring (bicyclic) bond motifs is 1. The van der Waals surface area contributed by atoms with E-state index in [2.05, 4.69) is 5.32 Å². The van der Waals surface area contributed by atoms with Crippen molar-refractivity contribution >= 4 is 50.7 Å². The number of nitrogens with one attached hydrogen (secondary N) is 1. The zero-order valence-electron chi connectivity index (χ0n) is 32.3. The third kappa shape index (κ3) is 9.47. The van der Waals surface area contributed by atoms with Crippen molar-refractivity contribution in [3.05, 3.63) is 116 Å². The monoisotopic (exact) mass is 798 g/mol. The maximum absolute atomic E-state index is 13.9. The fourth-order valence-corrected chi connectivity index (χ4v) is 11.1. The lowest BCUT2D eigenvalue weighted by Gasteiger charge is -2.34. The summed E-state index contributed by atoms with van der Waals surface area (Å²) >= 11 is 1.51. The lowest BCUT2D eigenvalue weighted by atomic mass is 9.86. The quantitative estimate of drug-likeness (QED) is 0.0944. The van der Waals surface area contributed by atoms with E-state index in [1.54, 1.807) is 31.2 Å². The first-order chi connectivity index (χ1) is 27.0. The van der Waals surface area contributed by atoms with Crippen LogP contribution in [-0.2, 0) is 56.4 Å². The van der Waals surface area contributed by atoms with E-state index in [1.807, 2.05) is 36.4 Å². The molecule has 1 heterocycles. The number of ether oxygens (including phenoxy) is 2. The second kappa shape index (κ2) is 18.5. The summed E-state index contributed by atoms with van der Waals surface area (Å²) in [6.45, 7) is 2.07. The van der Waals surface area contributed by atoms with Gasteiger partial charge in [-0.1, -0.05) is 43.3 Å². The third-order valence-electron chi connectivity index (χ3n) is 11.0. The number of methoxy groups -OCH3 is 2. The van der Waals surface area contributed by atoms with E-state index >= 15 is 0 Å². The number of Topliss-reactive ketones (excluding diaryl/α,β-unsaturated/α-hetero) is 1. The second-order valence-electron chi connectivity index (χ2n) is 14.6. The molecular formula is C44H50N2O8S2. The molecule has 0 atom stereocenters. The first kappa shape index (κ1) is 41.0. The van der Waals surface area contributed by atoms with E-state index in [-0.39, 0.29) is 59.0 Å². The van der Waals surface area contributed by atoms with Crippen molar-refractivity contribution < 1.29 is 37.1 Å². The molecule has 12 heteroatoms. The Morgan fingerprint density at radius 1 is 0.821 bits per heavy atom. The summed E-state index contributed by atoms with van der Waals surface area (Å²) in [7, 11) is -1.18. The van der Waals surface area contributed by atoms with Crippen LogP contribution in [0.1, 0.15) is 109 Å². The minimum Gasteiger partial charge on any atom is -0.469 e. The SMILES string of the molecule is CCN(C1CCC(C(=O)OC)CC1)S(=O)(=O)c1cccc(C(=O)Cc2sc3c(c2C(=O)Nc2ccc(CCCc4ccc(C(=O)OC)cc4)cc2)CCCC3)c1. The smallest absolute Gasteiger partial charge is 0.337 e. The van der Waals surface area contributed by atoms with Crippen LogP contribution < -0.4 is 5.32 Å². The molecule has 1 amide bonds. The third-order valence-corrected chi connectivity index (χ3v) is 14.3. The Kier molecular flexibility index (Phi) is 13.6. The number of carbonyl (C=O) groups excluding carboxylic acids is 4. The number of amides is 1. The number of benzene rings is 3. The van der Waals surface area contributed by atoms with Gasteiger partial charge in [-0.2, -0.15) is 4.31 Å². The number of rotatable bonds is 15. The lowest BCUT2D eigenvalue weighted by molar-refractivity contribution is -0.146. The van der Waals surface area contributed by atoms with Gasteiger partial charge in [-0.15, -0.1) is 11.3 Å². The molecule has 0 radical (unpaired) electrons. The number of aryl methyl sites for hydroxylation is 3. The molecule has 3 aromatic carbocycles. The molecule has 1 aromatic heterocycles. The number of sulfonamides is 1. The van der Waals surface area contributed by atoms with Crippen LogP contribution in [0.15, 0.2) is 77.7 Å². The topological polar surface area (TPSA) is 136 Å². The van der Waals surface area contributed by atoms with Gasteiger partial charge in [0.05, 0.1) is 36.2 Å². The first-order valence-electron chi connectivity index (χ1n) is 19.5. The van der Waals surface area contributed by atoms with Gasteiger partial charge in [0.15, 0.2) is 5.78 Å². The molecule has 56 heavy (non-hydrogen) atoms. The van der Waals surface area contributed by atoms with Gasteiger partial charge in [-0.05, 0) is 124 Å². The van der Waals surface area contributed by atoms with Crippen molar-refractivity contribution in [1.29, 1.82) is 0 Å². The fourth-order valence-electron chi connectivity index (χ4n) is 7.99. The van der Waals surface area contributed by atoms with Crippen LogP contribution in [0.3, 0.4) is 0 Å². The summed E-state index contributed by atoms with van der Waals surface area (Å²) in [6, 6.07) is 21.2. The fraction of sp³-hybridized carbons (Fsp3) is 0.409. The number of anilines is 1. The van der Waals surface area contributed by atoms with E-state index in [9.17, 15) is 27.6 Å². The van der Waals surface area contributed by atoms with E-state index < -0.39 is 10.0 Å². The molecule has 0 unspecified atom stereocenters. The molecule has 4 aromatic rings. The molecule has 0 aliphatic heterocycles. The van der Waals surface area contributed by atoms with Crippen LogP contribution in [-0.4, -0.2) is 63.2 Å². The Labute approximate surface area is 333 Å². The van der Waals surface area contributed by atoms with E-state index in [0.717, 1.165) is 66.5 Å². The second-order valence-corrected chi connectivity index (χ2v) is 17.6. The summed E-state index contributed by atoms with van der Waals surface area (Å²) in [5, 5.41) is 3.08. The molecule has 0 saturated heterocycles. The number of hydrogen-bond acceptors (Lipinski definition) is 9. The van der Waals surface area contributed by atoms with E-state index in [0.29, 0.717) is 47.4 Å². The summed E-state index contributed by atoms with van der Waals surface area (Å²) in [6.07, 6.45) is 8.50. The van der Waals surface area contributed by atoms with Crippen LogP contribution in [0, 0.1) is 5.92 Å². The molecule has 2 aliphatic rings. The molecule has 1 N–H and O–H groups in total. The number of ketones is 1. The van der Waals surface area contributed by atoms with E-state index in [4.69, 9.17) is 9.47 Å². The van der Waals surface area contributed by atoms with Crippen LogP contribution in [0.5, 0.6) is 0 Å². The summed E-state index contributed by atoms with van der Waals surface area (Å²) in [4.78, 5) is 53.5. The Morgan fingerprint density at radius 2 is 1.48 bits per heavy atom. The lowest BCUT2D eigenvalue weighted by Crippen LogP contribution is -2.43. The van der Waals surface area contributed by atoms with Gasteiger partial charge in [-0.25, -0.2) is 13.2 Å². The van der Waals surface area contributed by atoms with Crippen molar-refractivity contribution in [2.75, 3.05) is 26.1 Å². The highest BCUT2D eigenvalue weighted by Gasteiger charge is 2.36. The van der Waals surface area contributed by atoms with Crippen LogP contribution in [0.4, 0.5) is 5.69 Å². The average molecular weight is 799 g/mol. The predicted molar refractivity (Wildman–Crippen MR) is 217 cm³/mol. The van der Waals surface area contributed by atoms with Gasteiger partial charge in [0.1, 0.15) is 0 Å². The number of hydrogen-bond donors (Lipinski definition) is 1. The van der Waals surface area contributed by atoms with Gasteiger partial charge in [0, 0.05) is 40.0 Å². The van der Waals surface area contributed by atoms with Gasteiger partial charge < -0.3 is 14.8 Å². The number of nitrogens with zero attached hydrogens (tertiary/aromatic N) is 1.